The first kappa shape index (κ1) is 17.4. The number of aromatic nitrogens is 1. The number of rotatable bonds is 7. The zero-order chi connectivity index (χ0) is 16.8. The lowest BCUT2D eigenvalue weighted by Crippen LogP contribution is -2.43. The van der Waals surface area contributed by atoms with Gasteiger partial charge in [0.15, 0.2) is 0 Å². The van der Waals surface area contributed by atoms with E-state index in [9.17, 15) is 9.59 Å². The van der Waals surface area contributed by atoms with Crippen LogP contribution in [0.2, 0.25) is 0 Å². The molecule has 0 aliphatic heterocycles. The van der Waals surface area contributed by atoms with Gasteiger partial charge in [0.25, 0.3) is 0 Å². The second-order valence-electron chi connectivity index (χ2n) is 5.50. The van der Waals surface area contributed by atoms with Crippen LogP contribution < -0.4 is 10.6 Å². The molecule has 1 heterocycles. The molecule has 1 aromatic carbocycles. The molecule has 6 heteroatoms. The Bertz CT molecular complexity index is 696. The highest BCUT2D eigenvalue weighted by atomic mass is 32.2. The van der Waals surface area contributed by atoms with Crippen molar-refractivity contribution < 1.29 is 9.59 Å². The molecule has 2 amide bonds. The number of aromatic amines is 1. The summed E-state index contributed by atoms with van der Waals surface area (Å²) in [6, 6.07) is 7.28. The predicted octanol–water partition coefficient (Wildman–Crippen LogP) is 3.06. The maximum atomic E-state index is 12.5. The van der Waals surface area contributed by atoms with Crippen LogP contribution in [-0.2, 0) is 9.59 Å². The molecule has 2 rings (SSSR count). The summed E-state index contributed by atoms with van der Waals surface area (Å²) in [6.45, 7) is 3.78. The fourth-order valence-corrected chi connectivity index (χ4v) is 2.86. The summed E-state index contributed by atoms with van der Waals surface area (Å²) in [6.07, 6.45) is 2.97. The molecule has 0 spiro atoms. The normalized spacial score (nSPS) is 12.1. The number of aryl methyl sites for hydroxylation is 1. The van der Waals surface area contributed by atoms with Crippen molar-refractivity contribution in [1.29, 1.82) is 0 Å². The third-order valence-corrected chi connectivity index (χ3v) is 4.25. The van der Waals surface area contributed by atoms with Crippen LogP contribution in [0.4, 0.5) is 5.69 Å². The monoisotopic (exact) mass is 333 g/mol. The van der Waals surface area contributed by atoms with E-state index in [2.05, 4.69) is 15.6 Å². The van der Waals surface area contributed by atoms with E-state index in [4.69, 9.17) is 0 Å². The van der Waals surface area contributed by atoms with Gasteiger partial charge >= 0.3 is 0 Å². The van der Waals surface area contributed by atoms with Crippen molar-refractivity contribution in [3.05, 3.63) is 30.0 Å². The first-order chi connectivity index (χ1) is 11.0. The minimum Gasteiger partial charge on any atom is -0.359 e. The maximum absolute atomic E-state index is 12.5. The Kier molecular flexibility index (Phi) is 6.10. The number of carbonyl (C=O) groups excluding carboxylic acids is 2. The fourth-order valence-electron chi connectivity index (χ4n) is 2.39. The van der Waals surface area contributed by atoms with Gasteiger partial charge in [-0.05, 0) is 49.6 Å². The van der Waals surface area contributed by atoms with Crippen molar-refractivity contribution in [3.8, 4) is 0 Å². The van der Waals surface area contributed by atoms with Gasteiger partial charge in [-0.15, -0.1) is 0 Å². The van der Waals surface area contributed by atoms with Crippen molar-refractivity contribution in [3.63, 3.8) is 0 Å². The predicted molar refractivity (Wildman–Crippen MR) is 96.9 cm³/mol. The lowest BCUT2D eigenvalue weighted by molar-refractivity contribution is -0.126. The number of carbonyl (C=O) groups is 2. The Morgan fingerprint density at radius 1 is 1.30 bits per heavy atom. The number of benzene rings is 1. The Balaban J connectivity index is 2.09. The Labute approximate surface area is 140 Å². The minimum atomic E-state index is -0.501. The van der Waals surface area contributed by atoms with Crippen molar-refractivity contribution in [2.24, 2.45) is 0 Å². The largest absolute Gasteiger partial charge is 0.359 e. The smallest absolute Gasteiger partial charge is 0.246 e. The molecule has 0 aliphatic rings. The number of hydrogen-bond donors (Lipinski definition) is 3. The zero-order valence-corrected chi connectivity index (χ0v) is 14.5. The molecule has 1 unspecified atom stereocenters. The molecule has 0 radical (unpaired) electrons. The average Bonchev–Trinajstić information content (AvgIpc) is 2.90. The minimum absolute atomic E-state index is 0.108. The molecule has 0 saturated heterocycles. The molecular weight excluding hydrogens is 310 g/mol. The molecule has 5 nitrogen and oxygen atoms in total. The fraction of sp³-hybridized carbons (Fsp3) is 0.412. The first-order valence-electron chi connectivity index (χ1n) is 7.72. The van der Waals surface area contributed by atoms with E-state index in [1.165, 1.54) is 0 Å². The van der Waals surface area contributed by atoms with Crippen LogP contribution in [0.3, 0.4) is 0 Å². The molecule has 1 atom stereocenters. The van der Waals surface area contributed by atoms with Crippen LogP contribution in [0.1, 0.15) is 25.5 Å². The van der Waals surface area contributed by atoms with Gasteiger partial charge in [-0.3, -0.25) is 9.59 Å². The lowest BCUT2D eigenvalue weighted by atomic mass is 10.1. The van der Waals surface area contributed by atoms with Crippen molar-refractivity contribution in [2.75, 3.05) is 17.3 Å². The van der Waals surface area contributed by atoms with Gasteiger partial charge in [-0.25, -0.2) is 0 Å². The molecule has 1 aromatic heterocycles. The molecule has 23 heavy (non-hydrogen) atoms. The van der Waals surface area contributed by atoms with Crippen LogP contribution >= 0.6 is 11.8 Å². The molecular formula is C17H23N3O2S. The maximum Gasteiger partial charge on any atom is 0.246 e. The third kappa shape index (κ3) is 4.76. The summed E-state index contributed by atoms with van der Waals surface area (Å²) >= 11 is 1.66. The summed E-state index contributed by atoms with van der Waals surface area (Å²) < 4.78 is 0. The van der Waals surface area contributed by atoms with Gasteiger partial charge in [0.05, 0.1) is 0 Å². The third-order valence-electron chi connectivity index (χ3n) is 3.61. The second-order valence-corrected chi connectivity index (χ2v) is 6.48. The number of nitrogens with one attached hydrogen (secondary N) is 3. The van der Waals surface area contributed by atoms with E-state index >= 15 is 0 Å². The SMILES string of the molecule is CCC(=O)NC(CCSC)C(=O)Nc1ccc2[nH]c(C)cc2c1. The average molecular weight is 333 g/mol. The van der Waals surface area contributed by atoms with Crippen LogP contribution in [-0.4, -0.2) is 34.8 Å². The van der Waals surface area contributed by atoms with Gasteiger partial charge in [-0.1, -0.05) is 6.92 Å². The molecule has 124 valence electrons. The van der Waals surface area contributed by atoms with E-state index < -0.39 is 6.04 Å². The number of fused-ring (bicyclic) bond motifs is 1. The molecule has 0 fully saturated rings. The summed E-state index contributed by atoms with van der Waals surface area (Å²) in [5.41, 5.74) is 2.86. The standard InChI is InChI=1S/C17H23N3O2S/c1-4-16(21)20-15(7-8-23-3)17(22)19-13-5-6-14-12(10-13)9-11(2)18-14/h5-6,9-10,15,18H,4,7-8H2,1-3H3,(H,19,22)(H,20,21). The lowest BCUT2D eigenvalue weighted by Gasteiger charge is -2.18. The van der Waals surface area contributed by atoms with Crippen molar-refractivity contribution in [1.82, 2.24) is 10.3 Å². The number of thioether (sulfide) groups is 1. The van der Waals surface area contributed by atoms with Gasteiger partial charge in [-0.2, -0.15) is 11.8 Å². The second kappa shape index (κ2) is 8.06. The molecule has 0 aliphatic carbocycles. The summed E-state index contributed by atoms with van der Waals surface area (Å²) in [4.78, 5) is 27.3. The van der Waals surface area contributed by atoms with Crippen LogP contribution in [0.5, 0.6) is 0 Å². The van der Waals surface area contributed by atoms with Crippen LogP contribution in [0.15, 0.2) is 24.3 Å². The highest BCUT2D eigenvalue weighted by Crippen LogP contribution is 2.20. The molecule has 0 saturated carbocycles. The number of H-pyrrole nitrogens is 1. The van der Waals surface area contributed by atoms with Gasteiger partial charge in [0, 0.05) is 28.7 Å². The highest BCUT2D eigenvalue weighted by molar-refractivity contribution is 7.98. The van der Waals surface area contributed by atoms with Crippen molar-refractivity contribution >= 4 is 40.2 Å². The van der Waals surface area contributed by atoms with E-state index in [0.29, 0.717) is 12.8 Å². The molecule has 0 bridgehead atoms. The van der Waals surface area contributed by atoms with Gasteiger partial charge < -0.3 is 15.6 Å². The van der Waals surface area contributed by atoms with Crippen LogP contribution in [0.25, 0.3) is 10.9 Å². The zero-order valence-electron chi connectivity index (χ0n) is 13.7. The Morgan fingerprint density at radius 2 is 2.09 bits per heavy atom. The Hall–Kier alpha value is -1.95. The summed E-state index contributed by atoms with van der Waals surface area (Å²) in [5, 5.41) is 6.75. The quantitative estimate of drug-likeness (QED) is 0.729. The highest BCUT2D eigenvalue weighted by Gasteiger charge is 2.20. The molecule has 2 aromatic rings. The van der Waals surface area contributed by atoms with Crippen molar-refractivity contribution in [2.45, 2.75) is 32.7 Å². The molecule has 3 N–H and O–H groups in total. The van der Waals surface area contributed by atoms with E-state index in [1.54, 1.807) is 18.7 Å². The van der Waals surface area contributed by atoms with Crippen LogP contribution in [0, 0.1) is 6.92 Å². The number of hydrogen-bond acceptors (Lipinski definition) is 3. The van der Waals surface area contributed by atoms with E-state index in [1.807, 2.05) is 37.4 Å². The first-order valence-corrected chi connectivity index (χ1v) is 9.11. The number of amides is 2. The van der Waals surface area contributed by atoms with E-state index in [0.717, 1.165) is 28.0 Å². The topological polar surface area (TPSA) is 74.0 Å². The van der Waals surface area contributed by atoms with Gasteiger partial charge in [0.2, 0.25) is 11.8 Å². The van der Waals surface area contributed by atoms with E-state index in [-0.39, 0.29) is 11.8 Å². The Morgan fingerprint density at radius 3 is 2.78 bits per heavy atom. The summed E-state index contributed by atoms with van der Waals surface area (Å²) in [7, 11) is 0. The van der Waals surface area contributed by atoms with Gasteiger partial charge in [0.1, 0.15) is 6.04 Å². The summed E-state index contributed by atoms with van der Waals surface area (Å²) in [5.74, 6) is 0.536. The number of anilines is 1.